The summed E-state index contributed by atoms with van der Waals surface area (Å²) in [5.74, 6) is -0.0412. The normalized spacial score (nSPS) is 12.8. The summed E-state index contributed by atoms with van der Waals surface area (Å²) in [5, 5.41) is 23.1. The molecule has 6 heteroatoms. The first-order valence-electron chi connectivity index (χ1n) is 29.2. The van der Waals surface area contributed by atoms with Crippen molar-refractivity contribution in [3.8, 4) is 0 Å². The molecule has 2 unspecified atom stereocenters. The van der Waals surface area contributed by atoms with E-state index in [1.807, 2.05) is 0 Å². The Bertz CT molecular complexity index is 1070. The molecule has 0 rings (SSSR count). The molecule has 0 saturated heterocycles. The number of hydrogen-bond acceptors (Lipinski definition) is 5. The Morgan fingerprint density at radius 3 is 1.20 bits per heavy atom. The molecule has 0 aliphatic carbocycles. The minimum Gasteiger partial charge on any atom is -0.466 e. The monoisotopic (exact) mass is 928 g/mol. The molecule has 2 atom stereocenters. The van der Waals surface area contributed by atoms with Gasteiger partial charge in [0.25, 0.3) is 0 Å². The fourth-order valence-corrected chi connectivity index (χ4v) is 8.90. The minimum atomic E-state index is -0.667. The van der Waals surface area contributed by atoms with Crippen LogP contribution in [0.3, 0.4) is 0 Å². The van der Waals surface area contributed by atoms with Crippen LogP contribution in [-0.4, -0.2) is 47.4 Å². The Morgan fingerprint density at radius 1 is 0.424 bits per heavy atom. The van der Waals surface area contributed by atoms with E-state index in [1.54, 1.807) is 0 Å². The SMILES string of the molecule is CCCCC/C=C\C/C=C\CCCCCCCCCCCC(=O)OCCCCCCCCCCCC/C=C\CCCCCCCCCC(=O)NC(CO)C(O)CCCCCCCCCCC. The van der Waals surface area contributed by atoms with Gasteiger partial charge in [0.2, 0.25) is 5.91 Å². The third-order valence-corrected chi connectivity index (χ3v) is 13.4. The summed E-state index contributed by atoms with van der Waals surface area (Å²) >= 11 is 0. The van der Waals surface area contributed by atoms with Crippen LogP contribution in [0.25, 0.3) is 0 Å². The topological polar surface area (TPSA) is 95.9 Å². The zero-order valence-electron chi connectivity index (χ0n) is 44.2. The number of rotatable bonds is 54. The second kappa shape index (κ2) is 55.7. The predicted octanol–water partition coefficient (Wildman–Crippen LogP) is 18.0. The molecular weight excluding hydrogens is 815 g/mol. The van der Waals surface area contributed by atoms with E-state index in [1.165, 1.54) is 225 Å². The number of aliphatic hydroxyl groups is 2. The Morgan fingerprint density at radius 2 is 0.758 bits per heavy atom. The van der Waals surface area contributed by atoms with Gasteiger partial charge in [-0.3, -0.25) is 9.59 Å². The first-order chi connectivity index (χ1) is 32.5. The van der Waals surface area contributed by atoms with Crippen LogP contribution in [0.1, 0.15) is 309 Å². The van der Waals surface area contributed by atoms with Gasteiger partial charge in [0.15, 0.2) is 0 Å². The molecule has 66 heavy (non-hydrogen) atoms. The fraction of sp³-hybridized carbons (Fsp3) is 0.867. The molecule has 0 aliphatic heterocycles. The van der Waals surface area contributed by atoms with E-state index in [0.717, 1.165) is 51.4 Å². The van der Waals surface area contributed by atoms with E-state index in [0.29, 0.717) is 25.9 Å². The highest BCUT2D eigenvalue weighted by Crippen LogP contribution is 2.16. The second-order valence-corrected chi connectivity index (χ2v) is 20.0. The van der Waals surface area contributed by atoms with E-state index < -0.39 is 12.1 Å². The standard InChI is InChI=1S/C60H113NO5/c1-3-5-7-9-11-13-14-15-16-17-21-25-28-31-34-38-42-46-50-54-60(65)66-55-51-47-43-39-35-32-29-26-23-20-18-19-22-24-27-30-33-37-41-45-49-53-59(64)61-57(56-62)58(63)52-48-44-40-36-12-10-8-6-4-2/h11,13,15-16,19,22,57-58,62-63H,3-10,12,14,17-18,20-21,23-56H2,1-2H3,(H,61,64)/b13-11-,16-15-,22-19-. The molecule has 0 aromatic rings. The lowest BCUT2D eigenvalue weighted by Gasteiger charge is -2.22. The molecule has 0 spiro atoms. The van der Waals surface area contributed by atoms with E-state index >= 15 is 0 Å². The van der Waals surface area contributed by atoms with Gasteiger partial charge in [0.05, 0.1) is 25.4 Å². The molecule has 0 radical (unpaired) electrons. The van der Waals surface area contributed by atoms with Crippen LogP contribution < -0.4 is 5.32 Å². The molecule has 0 aliphatic rings. The summed E-state index contributed by atoms with van der Waals surface area (Å²) in [6.45, 7) is 4.90. The van der Waals surface area contributed by atoms with Crippen molar-refractivity contribution in [3.63, 3.8) is 0 Å². The summed E-state index contributed by atoms with van der Waals surface area (Å²) < 4.78 is 5.49. The molecular formula is C60H113NO5. The van der Waals surface area contributed by atoms with Gasteiger partial charge >= 0.3 is 5.97 Å². The number of nitrogens with one attached hydrogen (secondary N) is 1. The molecule has 1 amide bonds. The van der Waals surface area contributed by atoms with Crippen molar-refractivity contribution in [2.24, 2.45) is 0 Å². The lowest BCUT2D eigenvalue weighted by molar-refractivity contribution is -0.143. The van der Waals surface area contributed by atoms with Crippen molar-refractivity contribution < 1.29 is 24.5 Å². The van der Waals surface area contributed by atoms with E-state index in [4.69, 9.17) is 4.74 Å². The van der Waals surface area contributed by atoms with Crippen LogP contribution in [0, 0.1) is 0 Å². The number of carbonyl (C=O) groups is 2. The van der Waals surface area contributed by atoms with Gasteiger partial charge in [-0.2, -0.15) is 0 Å². The van der Waals surface area contributed by atoms with Crippen molar-refractivity contribution in [3.05, 3.63) is 36.5 Å². The van der Waals surface area contributed by atoms with Crippen LogP contribution in [0.4, 0.5) is 0 Å². The van der Waals surface area contributed by atoms with Gasteiger partial charge in [-0.1, -0.05) is 249 Å². The third kappa shape index (κ3) is 51.5. The fourth-order valence-electron chi connectivity index (χ4n) is 8.90. The lowest BCUT2D eigenvalue weighted by Crippen LogP contribution is -2.45. The van der Waals surface area contributed by atoms with E-state index in [2.05, 4.69) is 55.6 Å². The van der Waals surface area contributed by atoms with Crippen molar-refractivity contribution in [1.82, 2.24) is 5.32 Å². The van der Waals surface area contributed by atoms with Crippen LogP contribution in [0.2, 0.25) is 0 Å². The predicted molar refractivity (Wildman–Crippen MR) is 287 cm³/mol. The van der Waals surface area contributed by atoms with Crippen LogP contribution in [-0.2, 0) is 14.3 Å². The number of unbranched alkanes of at least 4 members (excludes halogenated alkanes) is 37. The largest absolute Gasteiger partial charge is 0.466 e. The summed E-state index contributed by atoms with van der Waals surface area (Å²) in [5.41, 5.74) is 0. The summed E-state index contributed by atoms with van der Waals surface area (Å²) in [7, 11) is 0. The number of esters is 1. The zero-order chi connectivity index (χ0) is 47.9. The smallest absolute Gasteiger partial charge is 0.305 e. The first-order valence-corrected chi connectivity index (χ1v) is 29.2. The minimum absolute atomic E-state index is 0.00412. The number of allylic oxidation sites excluding steroid dienone is 6. The Kier molecular flexibility index (Phi) is 54.1. The van der Waals surface area contributed by atoms with Crippen LogP contribution >= 0.6 is 0 Å². The Balaban J connectivity index is 3.38. The number of carbonyl (C=O) groups excluding carboxylic acids is 2. The van der Waals surface area contributed by atoms with Crippen molar-refractivity contribution in [2.75, 3.05) is 13.2 Å². The van der Waals surface area contributed by atoms with Gasteiger partial charge in [-0.05, 0) is 83.5 Å². The third-order valence-electron chi connectivity index (χ3n) is 13.4. The molecule has 0 fully saturated rings. The lowest BCUT2D eigenvalue weighted by atomic mass is 10.0. The number of amides is 1. The number of ether oxygens (including phenoxy) is 1. The average Bonchev–Trinajstić information content (AvgIpc) is 3.32. The maximum absolute atomic E-state index is 12.4. The van der Waals surface area contributed by atoms with Crippen molar-refractivity contribution >= 4 is 11.9 Å². The maximum atomic E-state index is 12.4. The molecule has 0 saturated carbocycles. The summed E-state index contributed by atoms with van der Waals surface area (Å²) in [6.07, 6.45) is 68.6. The van der Waals surface area contributed by atoms with Gasteiger partial charge in [-0.25, -0.2) is 0 Å². The average molecular weight is 929 g/mol. The maximum Gasteiger partial charge on any atom is 0.305 e. The molecule has 0 aromatic heterocycles. The van der Waals surface area contributed by atoms with Crippen molar-refractivity contribution in [2.45, 2.75) is 321 Å². The Hall–Kier alpha value is -1.92. The van der Waals surface area contributed by atoms with Crippen molar-refractivity contribution in [1.29, 1.82) is 0 Å². The first kappa shape index (κ1) is 64.1. The highest BCUT2D eigenvalue weighted by Gasteiger charge is 2.20. The number of aliphatic hydroxyl groups excluding tert-OH is 2. The van der Waals surface area contributed by atoms with Gasteiger partial charge in [-0.15, -0.1) is 0 Å². The molecule has 0 aromatic carbocycles. The molecule has 6 nitrogen and oxygen atoms in total. The van der Waals surface area contributed by atoms with Crippen LogP contribution in [0.15, 0.2) is 36.5 Å². The van der Waals surface area contributed by atoms with E-state index in [-0.39, 0.29) is 18.5 Å². The number of hydrogen-bond donors (Lipinski definition) is 3. The highest BCUT2D eigenvalue weighted by molar-refractivity contribution is 5.76. The van der Waals surface area contributed by atoms with Gasteiger partial charge in [0.1, 0.15) is 0 Å². The summed E-state index contributed by atoms with van der Waals surface area (Å²) in [4.78, 5) is 24.5. The molecule has 0 heterocycles. The van der Waals surface area contributed by atoms with E-state index in [9.17, 15) is 19.8 Å². The molecule has 388 valence electrons. The second-order valence-electron chi connectivity index (χ2n) is 20.0. The zero-order valence-corrected chi connectivity index (χ0v) is 44.2. The molecule has 3 N–H and O–H groups in total. The quantitative estimate of drug-likeness (QED) is 0.0321. The van der Waals surface area contributed by atoms with Gasteiger partial charge < -0.3 is 20.3 Å². The van der Waals surface area contributed by atoms with Crippen LogP contribution in [0.5, 0.6) is 0 Å². The highest BCUT2D eigenvalue weighted by atomic mass is 16.5. The summed E-state index contributed by atoms with van der Waals surface area (Å²) in [6, 6.07) is -0.545. The van der Waals surface area contributed by atoms with Gasteiger partial charge in [0, 0.05) is 12.8 Å². The molecule has 0 bridgehead atoms. The Labute approximate surface area is 411 Å².